The summed E-state index contributed by atoms with van der Waals surface area (Å²) in [5.74, 6) is 0. The van der Waals surface area contributed by atoms with Crippen molar-refractivity contribution in [3.63, 3.8) is 0 Å². The summed E-state index contributed by atoms with van der Waals surface area (Å²) in [6, 6.07) is 3.96. The molecule has 1 aliphatic heterocycles. The molecule has 2 aromatic rings. The molecule has 0 bridgehead atoms. The van der Waals surface area contributed by atoms with E-state index in [1.165, 1.54) is 0 Å². The molecule has 0 aliphatic carbocycles. The summed E-state index contributed by atoms with van der Waals surface area (Å²) in [6.07, 6.45) is 7.38. The highest BCUT2D eigenvalue weighted by Crippen LogP contribution is 2.36. The molecular formula is C15H20BN3O2. The maximum atomic E-state index is 6.03. The second kappa shape index (κ2) is 4.96. The molecule has 0 unspecified atom stereocenters. The number of aromatic nitrogens is 3. The third kappa shape index (κ3) is 2.73. The molecule has 1 aliphatic rings. The van der Waals surface area contributed by atoms with Gasteiger partial charge in [0, 0.05) is 30.3 Å². The SMILES string of the molecule is CC1(C)OB(c2cnn(Cc3cccnc3)c2)OC1(C)C. The van der Waals surface area contributed by atoms with Crippen LogP contribution in [0.4, 0.5) is 0 Å². The van der Waals surface area contributed by atoms with Crippen molar-refractivity contribution in [2.45, 2.75) is 45.4 Å². The van der Waals surface area contributed by atoms with Crippen molar-refractivity contribution in [2.24, 2.45) is 0 Å². The number of hydrogen-bond acceptors (Lipinski definition) is 4. The highest BCUT2D eigenvalue weighted by Gasteiger charge is 2.52. The number of rotatable bonds is 3. The number of nitrogens with zero attached hydrogens (tertiary/aromatic N) is 3. The molecule has 3 rings (SSSR count). The minimum absolute atomic E-state index is 0.330. The van der Waals surface area contributed by atoms with Gasteiger partial charge in [-0.05, 0) is 39.3 Å². The zero-order chi connectivity index (χ0) is 15.1. The summed E-state index contributed by atoms with van der Waals surface area (Å²) in [5.41, 5.74) is 1.39. The summed E-state index contributed by atoms with van der Waals surface area (Å²) in [4.78, 5) is 4.11. The van der Waals surface area contributed by atoms with Crippen molar-refractivity contribution in [1.82, 2.24) is 14.8 Å². The van der Waals surface area contributed by atoms with Crippen LogP contribution in [0.1, 0.15) is 33.3 Å². The molecule has 3 heterocycles. The molecule has 0 N–H and O–H groups in total. The van der Waals surface area contributed by atoms with Crippen LogP contribution in [-0.4, -0.2) is 33.1 Å². The molecular weight excluding hydrogens is 265 g/mol. The van der Waals surface area contributed by atoms with Crippen LogP contribution in [0.2, 0.25) is 0 Å². The molecule has 0 aromatic carbocycles. The van der Waals surface area contributed by atoms with E-state index in [2.05, 4.69) is 10.1 Å². The van der Waals surface area contributed by atoms with E-state index < -0.39 is 0 Å². The number of hydrogen-bond donors (Lipinski definition) is 0. The predicted octanol–water partition coefficient (Wildman–Crippen LogP) is 1.63. The van der Waals surface area contributed by atoms with Gasteiger partial charge >= 0.3 is 7.12 Å². The summed E-state index contributed by atoms with van der Waals surface area (Å²) in [6.45, 7) is 8.88. The van der Waals surface area contributed by atoms with Crippen LogP contribution >= 0.6 is 0 Å². The average Bonchev–Trinajstić information content (AvgIpc) is 2.94. The normalized spacial score (nSPS) is 19.9. The Morgan fingerprint density at radius 2 is 1.86 bits per heavy atom. The highest BCUT2D eigenvalue weighted by molar-refractivity contribution is 6.61. The summed E-state index contributed by atoms with van der Waals surface area (Å²) >= 11 is 0. The smallest absolute Gasteiger partial charge is 0.399 e. The summed E-state index contributed by atoms with van der Waals surface area (Å²) in [7, 11) is -0.363. The second-order valence-corrected chi connectivity index (χ2v) is 6.42. The quantitative estimate of drug-likeness (QED) is 0.804. The monoisotopic (exact) mass is 285 g/mol. The van der Waals surface area contributed by atoms with E-state index in [9.17, 15) is 0 Å². The Balaban J connectivity index is 1.74. The lowest BCUT2D eigenvalue weighted by Gasteiger charge is -2.32. The van der Waals surface area contributed by atoms with Gasteiger partial charge < -0.3 is 9.31 Å². The largest absolute Gasteiger partial charge is 0.498 e. The van der Waals surface area contributed by atoms with Gasteiger partial charge in [-0.2, -0.15) is 5.10 Å². The van der Waals surface area contributed by atoms with E-state index in [-0.39, 0.29) is 18.3 Å². The van der Waals surface area contributed by atoms with Crippen LogP contribution in [0.5, 0.6) is 0 Å². The molecule has 6 heteroatoms. The van der Waals surface area contributed by atoms with Gasteiger partial charge in [-0.1, -0.05) is 6.07 Å². The molecule has 0 saturated carbocycles. The second-order valence-electron chi connectivity index (χ2n) is 6.42. The third-order valence-electron chi connectivity index (χ3n) is 4.25. The Hall–Kier alpha value is -1.66. The Kier molecular flexibility index (Phi) is 3.38. The van der Waals surface area contributed by atoms with E-state index in [0.717, 1.165) is 11.0 Å². The average molecular weight is 285 g/mol. The third-order valence-corrected chi connectivity index (χ3v) is 4.25. The minimum atomic E-state index is -0.363. The maximum Gasteiger partial charge on any atom is 0.498 e. The number of pyridine rings is 1. The van der Waals surface area contributed by atoms with Crippen molar-refractivity contribution >= 4 is 12.6 Å². The van der Waals surface area contributed by atoms with Gasteiger partial charge in [-0.3, -0.25) is 9.67 Å². The summed E-state index contributed by atoms with van der Waals surface area (Å²) < 4.78 is 13.9. The molecule has 0 amide bonds. The predicted molar refractivity (Wildman–Crippen MR) is 81.3 cm³/mol. The molecule has 0 radical (unpaired) electrons. The highest BCUT2D eigenvalue weighted by atomic mass is 16.7. The van der Waals surface area contributed by atoms with E-state index in [1.807, 2.05) is 56.9 Å². The molecule has 1 fully saturated rings. The van der Waals surface area contributed by atoms with Crippen molar-refractivity contribution < 1.29 is 9.31 Å². The molecule has 0 spiro atoms. The zero-order valence-corrected chi connectivity index (χ0v) is 12.9. The van der Waals surface area contributed by atoms with Crippen molar-refractivity contribution in [1.29, 1.82) is 0 Å². The molecule has 2 aromatic heterocycles. The topological polar surface area (TPSA) is 49.2 Å². The standard InChI is InChI=1S/C15H20BN3O2/c1-14(2)15(3,4)21-16(20-14)13-9-18-19(11-13)10-12-6-5-7-17-8-12/h5-9,11H,10H2,1-4H3. The van der Waals surface area contributed by atoms with Crippen molar-refractivity contribution in [3.8, 4) is 0 Å². The first-order valence-corrected chi connectivity index (χ1v) is 7.14. The van der Waals surface area contributed by atoms with Crippen LogP contribution in [0, 0.1) is 0 Å². The maximum absolute atomic E-state index is 6.03. The molecule has 110 valence electrons. The molecule has 21 heavy (non-hydrogen) atoms. The van der Waals surface area contributed by atoms with E-state index in [4.69, 9.17) is 9.31 Å². The molecule has 1 saturated heterocycles. The van der Waals surface area contributed by atoms with E-state index in [1.54, 1.807) is 12.4 Å². The van der Waals surface area contributed by atoms with Gasteiger partial charge in [0.15, 0.2) is 0 Å². The first-order valence-electron chi connectivity index (χ1n) is 7.14. The fraction of sp³-hybridized carbons (Fsp3) is 0.467. The van der Waals surface area contributed by atoms with Crippen LogP contribution in [0.15, 0.2) is 36.9 Å². The fourth-order valence-corrected chi connectivity index (χ4v) is 2.25. The molecule has 0 atom stereocenters. The zero-order valence-electron chi connectivity index (χ0n) is 12.9. The van der Waals surface area contributed by atoms with Gasteiger partial charge in [0.2, 0.25) is 0 Å². The van der Waals surface area contributed by atoms with Crippen molar-refractivity contribution in [2.75, 3.05) is 0 Å². The fourth-order valence-electron chi connectivity index (χ4n) is 2.25. The Morgan fingerprint density at radius 3 is 2.48 bits per heavy atom. The lowest BCUT2D eigenvalue weighted by molar-refractivity contribution is 0.00578. The van der Waals surface area contributed by atoms with E-state index >= 15 is 0 Å². The van der Waals surface area contributed by atoms with Gasteiger partial charge in [0.05, 0.1) is 17.7 Å². The lowest BCUT2D eigenvalue weighted by atomic mass is 9.82. The van der Waals surface area contributed by atoms with Gasteiger partial charge in [-0.15, -0.1) is 0 Å². The van der Waals surface area contributed by atoms with Crippen LogP contribution in [-0.2, 0) is 15.9 Å². The Bertz CT molecular complexity index is 609. The van der Waals surface area contributed by atoms with Crippen molar-refractivity contribution in [3.05, 3.63) is 42.5 Å². The van der Waals surface area contributed by atoms with Crippen LogP contribution in [0.3, 0.4) is 0 Å². The first kappa shape index (κ1) is 14.3. The van der Waals surface area contributed by atoms with E-state index in [0.29, 0.717) is 6.54 Å². The molecule has 5 nitrogen and oxygen atoms in total. The Labute approximate surface area is 125 Å². The first-order chi connectivity index (χ1) is 9.87. The van der Waals surface area contributed by atoms with Gasteiger partial charge in [0.25, 0.3) is 0 Å². The van der Waals surface area contributed by atoms with Crippen LogP contribution < -0.4 is 5.46 Å². The van der Waals surface area contributed by atoms with Gasteiger partial charge in [-0.25, -0.2) is 0 Å². The van der Waals surface area contributed by atoms with Gasteiger partial charge in [0.1, 0.15) is 0 Å². The minimum Gasteiger partial charge on any atom is -0.399 e. The summed E-state index contributed by atoms with van der Waals surface area (Å²) in [5, 5.41) is 4.38. The van der Waals surface area contributed by atoms with Crippen LogP contribution in [0.25, 0.3) is 0 Å². The Morgan fingerprint density at radius 1 is 1.14 bits per heavy atom. The lowest BCUT2D eigenvalue weighted by Crippen LogP contribution is -2.41.